The van der Waals surface area contributed by atoms with Crippen molar-refractivity contribution >= 4 is 22.6 Å². The van der Waals surface area contributed by atoms with E-state index >= 15 is 0 Å². The number of fused-ring (bicyclic) bond motifs is 1. The van der Waals surface area contributed by atoms with E-state index in [1.807, 2.05) is 24.3 Å². The minimum atomic E-state index is -0.413. The summed E-state index contributed by atoms with van der Waals surface area (Å²) in [4.78, 5) is 25.9. The SMILES string of the molecule is COC(=O)c1ccc2cc(OCCCN3CCCCC3)ccc2c1CCC(N)=O. The summed E-state index contributed by atoms with van der Waals surface area (Å²) in [5.41, 5.74) is 6.56. The van der Waals surface area contributed by atoms with E-state index in [-0.39, 0.29) is 6.42 Å². The van der Waals surface area contributed by atoms with Crippen LogP contribution in [0.15, 0.2) is 30.3 Å². The summed E-state index contributed by atoms with van der Waals surface area (Å²) >= 11 is 0. The molecule has 1 fully saturated rings. The van der Waals surface area contributed by atoms with Gasteiger partial charge in [-0.05, 0) is 73.3 Å². The van der Waals surface area contributed by atoms with Crippen LogP contribution in [-0.2, 0) is 16.0 Å². The lowest BCUT2D eigenvalue weighted by molar-refractivity contribution is -0.117. The van der Waals surface area contributed by atoms with Crippen LogP contribution in [-0.4, -0.2) is 50.1 Å². The molecule has 0 aliphatic carbocycles. The van der Waals surface area contributed by atoms with Gasteiger partial charge < -0.3 is 20.1 Å². The van der Waals surface area contributed by atoms with Gasteiger partial charge in [0.1, 0.15) is 5.75 Å². The number of carbonyl (C=O) groups is 2. The molecule has 156 valence electrons. The van der Waals surface area contributed by atoms with Crippen molar-refractivity contribution in [1.82, 2.24) is 4.90 Å². The summed E-state index contributed by atoms with van der Waals surface area (Å²) in [6.07, 6.45) is 5.53. The van der Waals surface area contributed by atoms with Crippen LogP contribution in [0.25, 0.3) is 10.8 Å². The number of ether oxygens (including phenoxy) is 2. The lowest BCUT2D eigenvalue weighted by atomic mass is 9.95. The van der Waals surface area contributed by atoms with Crippen LogP contribution in [0.3, 0.4) is 0 Å². The smallest absolute Gasteiger partial charge is 0.338 e. The first-order valence-electron chi connectivity index (χ1n) is 10.4. The fourth-order valence-electron chi connectivity index (χ4n) is 3.94. The fourth-order valence-corrected chi connectivity index (χ4v) is 3.94. The number of amides is 1. The van der Waals surface area contributed by atoms with Crippen LogP contribution in [0.2, 0.25) is 0 Å². The normalized spacial score (nSPS) is 14.7. The summed E-state index contributed by atoms with van der Waals surface area (Å²) < 4.78 is 10.8. The molecule has 1 saturated heterocycles. The monoisotopic (exact) mass is 398 g/mol. The molecule has 0 spiro atoms. The van der Waals surface area contributed by atoms with Crippen molar-refractivity contribution in [1.29, 1.82) is 0 Å². The number of rotatable bonds is 9. The third-order valence-electron chi connectivity index (χ3n) is 5.47. The highest BCUT2D eigenvalue weighted by Gasteiger charge is 2.16. The highest BCUT2D eigenvalue weighted by atomic mass is 16.5. The molecule has 2 N–H and O–H groups in total. The minimum absolute atomic E-state index is 0.178. The standard InChI is InChI=1S/C23H30N2O4/c1-28-23(27)21-8-6-17-16-18(7-9-19(17)20(21)10-11-22(24)26)29-15-5-14-25-12-3-2-4-13-25/h6-9,16H,2-5,10-15H2,1H3,(H2,24,26). The average molecular weight is 399 g/mol. The zero-order chi connectivity index (χ0) is 20.6. The number of nitrogens with zero attached hydrogens (tertiary/aromatic N) is 1. The molecule has 1 aliphatic rings. The molecule has 1 aliphatic heterocycles. The Hall–Kier alpha value is -2.60. The Bertz CT molecular complexity index is 859. The van der Waals surface area contributed by atoms with E-state index in [0.717, 1.165) is 35.1 Å². The number of benzene rings is 2. The summed E-state index contributed by atoms with van der Waals surface area (Å²) in [5.74, 6) is -0.00120. The fraction of sp³-hybridized carbons (Fsp3) is 0.478. The summed E-state index contributed by atoms with van der Waals surface area (Å²) in [6, 6.07) is 9.46. The average Bonchev–Trinajstić information content (AvgIpc) is 2.74. The van der Waals surface area contributed by atoms with E-state index in [0.29, 0.717) is 18.6 Å². The number of hydrogen-bond acceptors (Lipinski definition) is 5. The molecule has 0 atom stereocenters. The minimum Gasteiger partial charge on any atom is -0.494 e. The molecule has 0 bridgehead atoms. The van der Waals surface area contributed by atoms with Crippen molar-refractivity contribution in [3.05, 3.63) is 41.5 Å². The van der Waals surface area contributed by atoms with Crippen molar-refractivity contribution in [2.24, 2.45) is 5.73 Å². The van der Waals surface area contributed by atoms with Crippen LogP contribution in [0, 0.1) is 0 Å². The summed E-state index contributed by atoms with van der Waals surface area (Å²) in [5, 5.41) is 1.88. The van der Waals surface area contributed by atoms with Crippen LogP contribution in [0.1, 0.15) is 48.0 Å². The Balaban J connectivity index is 1.69. The van der Waals surface area contributed by atoms with E-state index in [4.69, 9.17) is 15.2 Å². The number of aryl methyl sites for hydroxylation is 1. The van der Waals surface area contributed by atoms with Crippen molar-refractivity contribution in [2.75, 3.05) is 33.4 Å². The first-order chi connectivity index (χ1) is 14.1. The number of likely N-dealkylation sites (tertiary alicyclic amines) is 1. The second kappa shape index (κ2) is 10.3. The van der Waals surface area contributed by atoms with Gasteiger partial charge in [-0.25, -0.2) is 4.79 Å². The predicted molar refractivity (Wildman–Crippen MR) is 113 cm³/mol. The molecular formula is C23H30N2O4. The molecular weight excluding hydrogens is 368 g/mol. The molecule has 1 amide bonds. The molecule has 1 heterocycles. The third-order valence-corrected chi connectivity index (χ3v) is 5.47. The molecule has 2 aromatic rings. The highest BCUT2D eigenvalue weighted by molar-refractivity contribution is 5.99. The van der Waals surface area contributed by atoms with Gasteiger partial charge in [0, 0.05) is 13.0 Å². The summed E-state index contributed by atoms with van der Waals surface area (Å²) in [6.45, 7) is 4.16. The van der Waals surface area contributed by atoms with Gasteiger partial charge in [0.15, 0.2) is 0 Å². The van der Waals surface area contributed by atoms with E-state index < -0.39 is 11.9 Å². The van der Waals surface area contributed by atoms with E-state index in [1.165, 1.54) is 39.5 Å². The number of hydrogen-bond donors (Lipinski definition) is 1. The van der Waals surface area contributed by atoms with E-state index in [2.05, 4.69) is 4.90 Å². The molecule has 6 nitrogen and oxygen atoms in total. The zero-order valence-corrected chi connectivity index (χ0v) is 17.1. The summed E-state index contributed by atoms with van der Waals surface area (Å²) in [7, 11) is 1.35. The topological polar surface area (TPSA) is 81.9 Å². The Kier molecular flexibility index (Phi) is 7.47. The van der Waals surface area contributed by atoms with Crippen molar-refractivity contribution in [3.63, 3.8) is 0 Å². The first-order valence-corrected chi connectivity index (χ1v) is 10.4. The molecule has 3 rings (SSSR count). The van der Waals surface area contributed by atoms with Crippen molar-refractivity contribution in [3.8, 4) is 5.75 Å². The molecule has 0 aromatic heterocycles. The van der Waals surface area contributed by atoms with E-state index in [9.17, 15) is 9.59 Å². The second-order valence-electron chi connectivity index (χ2n) is 7.54. The predicted octanol–water partition coefficient (Wildman–Crippen LogP) is 3.30. The van der Waals surface area contributed by atoms with Crippen LogP contribution < -0.4 is 10.5 Å². The Morgan fingerprint density at radius 2 is 1.90 bits per heavy atom. The number of primary amides is 1. The van der Waals surface area contributed by atoms with Gasteiger partial charge in [0.05, 0.1) is 19.3 Å². The van der Waals surface area contributed by atoms with E-state index in [1.54, 1.807) is 6.07 Å². The number of esters is 1. The van der Waals surface area contributed by atoms with Gasteiger partial charge in [-0.3, -0.25) is 4.79 Å². The van der Waals surface area contributed by atoms with Gasteiger partial charge in [0.25, 0.3) is 0 Å². The molecule has 0 unspecified atom stereocenters. The van der Waals surface area contributed by atoms with Gasteiger partial charge >= 0.3 is 5.97 Å². The second-order valence-corrected chi connectivity index (χ2v) is 7.54. The van der Waals surface area contributed by atoms with Crippen molar-refractivity contribution < 1.29 is 19.1 Å². The molecule has 29 heavy (non-hydrogen) atoms. The quantitative estimate of drug-likeness (QED) is 0.518. The maximum absolute atomic E-state index is 12.1. The van der Waals surface area contributed by atoms with Crippen LogP contribution >= 0.6 is 0 Å². The first kappa shape index (κ1) is 21.1. The molecule has 6 heteroatoms. The van der Waals surface area contributed by atoms with Gasteiger partial charge in [-0.2, -0.15) is 0 Å². The van der Waals surface area contributed by atoms with Crippen molar-refractivity contribution in [2.45, 2.75) is 38.5 Å². The maximum atomic E-state index is 12.1. The number of methoxy groups -OCH3 is 1. The number of carbonyl (C=O) groups excluding carboxylic acids is 2. The Labute approximate surface area is 172 Å². The molecule has 0 radical (unpaired) electrons. The lowest BCUT2D eigenvalue weighted by Gasteiger charge is -2.26. The molecule has 0 saturated carbocycles. The largest absolute Gasteiger partial charge is 0.494 e. The van der Waals surface area contributed by atoms with Gasteiger partial charge in [-0.15, -0.1) is 0 Å². The Morgan fingerprint density at radius 1 is 1.10 bits per heavy atom. The maximum Gasteiger partial charge on any atom is 0.338 e. The van der Waals surface area contributed by atoms with Gasteiger partial charge in [-0.1, -0.05) is 18.6 Å². The number of piperidine rings is 1. The Morgan fingerprint density at radius 3 is 2.62 bits per heavy atom. The highest BCUT2D eigenvalue weighted by Crippen LogP contribution is 2.28. The number of nitrogens with two attached hydrogens (primary N) is 1. The van der Waals surface area contributed by atoms with Crippen LogP contribution in [0.5, 0.6) is 5.75 Å². The van der Waals surface area contributed by atoms with Gasteiger partial charge in [0.2, 0.25) is 5.91 Å². The zero-order valence-electron chi connectivity index (χ0n) is 17.1. The molecule has 2 aromatic carbocycles. The van der Waals surface area contributed by atoms with Crippen LogP contribution in [0.4, 0.5) is 0 Å². The lowest BCUT2D eigenvalue weighted by Crippen LogP contribution is -2.31. The third kappa shape index (κ3) is 5.70.